The fourth-order valence-electron chi connectivity index (χ4n) is 2.62. The van der Waals surface area contributed by atoms with Crippen molar-refractivity contribution in [3.8, 4) is 0 Å². The van der Waals surface area contributed by atoms with E-state index < -0.39 is 11.2 Å². The van der Waals surface area contributed by atoms with Gasteiger partial charge in [-0.05, 0) is 52.3 Å². The van der Waals surface area contributed by atoms with Gasteiger partial charge in [-0.3, -0.25) is 4.79 Å². The third-order valence-electron chi connectivity index (χ3n) is 4.06. The van der Waals surface area contributed by atoms with Crippen LogP contribution in [-0.2, 0) is 10.3 Å². The summed E-state index contributed by atoms with van der Waals surface area (Å²) in [4.78, 5) is 28.0. The van der Waals surface area contributed by atoms with Crippen molar-refractivity contribution >= 4 is 12.0 Å². The van der Waals surface area contributed by atoms with Crippen LogP contribution in [0, 0.1) is 0 Å². The molecule has 0 bridgehead atoms. The summed E-state index contributed by atoms with van der Waals surface area (Å²) in [6, 6.07) is 7.00. The number of nitrogens with zero attached hydrogens (tertiary/aromatic N) is 2. The molecule has 1 heterocycles. The van der Waals surface area contributed by atoms with Gasteiger partial charge in [0.05, 0.1) is 5.60 Å². The number of amides is 2. The third kappa shape index (κ3) is 5.19. The van der Waals surface area contributed by atoms with E-state index in [1.165, 1.54) is 0 Å². The molecule has 0 spiro atoms. The quantitative estimate of drug-likeness (QED) is 0.892. The number of carbonyl (C=O) groups excluding carboxylic acids is 2. The molecule has 0 atom stereocenters. The van der Waals surface area contributed by atoms with Crippen molar-refractivity contribution < 1.29 is 19.4 Å². The summed E-state index contributed by atoms with van der Waals surface area (Å²) in [5, 5.41) is 9.98. The summed E-state index contributed by atoms with van der Waals surface area (Å²) in [5.74, 6) is -0.0638. The van der Waals surface area contributed by atoms with Crippen molar-refractivity contribution in [2.24, 2.45) is 0 Å². The zero-order valence-electron chi connectivity index (χ0n) is 15.7. The zero-order valence-corrected chi connectivity index (χ0v) is 15.7. The maximum absolute atomic E-state index is 12.6. The van der Waals surface area contributed by atoms with Gasteiger partial charge in [0.1, 0.15) is 5.60 Å². The fraction of sp³-hybridized carbons (Fsp3) is 0.579. The van der Waals surface area contributed by atoms with E-state index in [0.717, 1.165) is 5.56 Å². The first-order valence-electron chi connectivity index (χ1n) is 8.57. The molecule has 2 rings (SSSR count). The highest BCUT2D eigenvalue weighted by atomic mass is 16.6. The van der Waals surface area contributed by atoms with Gasteiger partial charge in [0.25, 0.3) is 5.91 Å². The van der Waals surface area contributed by atoms with Gasteiger partial charge in [-0.25, -0.2) is 4.79 Å². The minimum atomic E-state index is -0.930. The maximum atomic E-state index is 12.6. The summed E-state index contributed by atoms with van der Waals surface area (Å²) in [6.07, 6.45) is -0.339. The molecule has 1 aliphatic rings. The van der Waals surface area contributed by atoms with E-state index in [-0.39, 0.29) is 12.0 Å². The van der Waals surface area contributed by atoms with Gasteiger partial charge in [-0.15, -0.1) is 0 Å². The molecule has 1 aromatic carbocycles. The van der Waals surface area contributed by atoms with Gasteiger partial charge in [0.2, 0.25) is 0 Å². The number of aliphatic hydroxyl groups is 1. The van der Waals surface area contributed by atoms with Crippen LogP contribution in [-0.4, -0.2) is 58.7 Å². The van der Waals surface area contributed by atoms with Crippen LogP contribution in [0.3, 0.4) is 0 Å². The number of rotatable bonds is 2. The lowest BCUT2D eigenvalue weighted by Gasteiger charge is -2.35. The van der Waals surface area contributed by atoms with Crippen LogP contribution in [0.15, 0.2) is 24.3 Å². The molecule has 6 nitrogen and oxygen atoms in total. The molecule has 6 heteroatoms. The molecule has 0 unspecified atom stereocenters. The van der Waals surface area contributed by atoms with Crippen LogP contribution < -0.4 is 0 Å². The average molecular weight is 348 g/mol. The first-order valence-corrected chi connectivity index (χ1v) is 8.57. The van der Waals surface area contributed by atoms with Crippen molar-refractivity contribution in [3.63, 3.8) is 0 Å². The van der Waals surface area contributed by atoms with Crippen molar-refractivity contribution in [2.45, 2.75) is 45.8 Å². The molecule has 138 valence electrons. The number of ether oxygens (including phenoxy) is 1. The van der Waals surface area contributed by atoms with Crippen molar-refractivity contribution in [3.05, 3.63) is 35.4 Å². The Labute approximate surface area is 149 Å². The standard InChI is InChI=1S/C19H28N2O4/c1-18(2,3)25-17(23)21-12-10-20(11-13-21)16(22)14-6-8-15(9-7-14)19(4,5)24/h6-9,24H,10-13H2,1-5H3. The first kappa shape index (κ1) is 19.2. The molecule has 0 aromatic heterocycles. The largest absolute Gasteiger partial charge is 0.444 e. The maximum Gasteiger partial charge on any atom is 0.410 e. The van der Waals surface area contributed by atoms with Crippen LogP contribution in [0.5, 0.6) is 0 Å². The molecule has 0 aliphatic carbocycles. The topological polar surface area (TPSA) is 70.1 Å². The van der Waals surface area contributed by atoms with Crippen LogP contribution in [0.25, 0.3) is 0 Å². The van der Waals surface area contributed by atoms with E-state index in [9.17, 15) is 14.7 Å². The second kappa shape index (κ2) is 7.04. The highest BCUT2D eigenvalue weighted by Gasteiger charge is 2.28. The van der Waals surface area contributed by atoms with E-state index >= 15 is 0 Å². The van der Waals surface area contributed by atoms with Crippen LogP contribution in [0.1, 0.15) is 50.5 Å². The summed E-state index contributed by atoms with van der Waals surface area (Å²) in [5.41, 5.74) is -0.107. The first-order chi connectivity index (χ1) is 11.5. The molecule has 25 heavy (non-hydrogen) atoms. The van der Waals surface area contributed by atoms with E-state index in [0.29, 0.717) is 31.7 Å². The number of carbonyl (C=O) groups is 2. The van der Waals surface area contributed by atoms with E-state index in [2.05, 4.69) is 0 Å². The number of piperazine rings is 1. The predicted octanol–water partition coefficient (Wildman–Crippen LogP) is 2.61. The van der Waals surface area contributed by atoms with Crippen LogP contribution in [0.2, 0.25) is 0 Å². The van der Waals surface area contributed by atoms with Crippen LogP contribution in [0.4, 0.5) is 4.79 Å². The van der Waals surface area contributed by atoms with E-state index in [1.54, 1.807) is 47.9 Å². The molecule has 1 aromatic rings. The summed E-state index contributed by atoms with van der Waals surface area (Å²) in [6.45, 7) is 10.8. The third-order valence-corrected chi connectivity index (χ3v) is 4.06. The lowest BCUT2D eigenvalue weighted by atomic mass is 9.97. The molecule has 1 fully saturated rings. The zero-order chi connectivity index (χ0) is 18.8. The highest BCUT2D eigenvalue weighted by molar-refractivity contribution is 5.94. The molecule has 0 radical (unpaired) electrons. The average Bonchev–Trinajstić information content (AvgIpc) is 2.52. The summed E-state index contributed by atoms with van der Waals surface area (Å²) < 4.78 is 5.36. The normalized spacial score (nSPS) is 15.9. The Balaban J connectivity index is 1.94. The molecular formula is C19H28N2O4. The highest BCUT2D eigenvalue weighted by Crippen LogP contribution is 2.20. The van der Waals surface area contributed by atoms with Gasteiger partial charge in [0.15, 0.2) is 0 Å². The Bertz CT molecular complexity index is 618. The van der Waals surface area contributed by atoms with Gasteiger partial charge in [-0.2, -0.15) is 0 Å². The predicted molar refractivity (Wildman–Crippen MR) is 95.4 cm³/mol. The second-order valence-corrected chi connectivity index (χ2v) is 7.90. The Morgan fingerprint density at radius 1 is 0.920 bits per heavy atom. The fourth-order valence-corrected chi connectivity index (χ4v) is 2.62. The lowest BCUT2D eigenvalue weighted by molar-refractivity contribution is 0.0141. The Morgan fingerprint density at radius 3 is 1.84 bits per heavy atom. The van der Waals surface area contributed by atoms with Gasteiger partial charge in [-0.1, -0.05) is 12.1 Å². The molecule has 1 aliphatic heterocycles. The number of benzene rings is 1. The molecule has 0 saturated carbocycles. The smallest absolute Gasteiger partial charge is 0.410 e. The Morgan fingerprint density at radius 2 is 1.40 bits per heavy atom. The Hall–Kier alpha value is -2.08. The molecule has 1 saturated heterocycles. The van der Waals surface area contributed by atoms with Crippen molar-refractivity contribution in [2.75, 3.05) is 26.2 Å². The number of hydrogen-bond donors (Lipinski definition) is 1. The van der Waals surface area contributed by atoms with Gasteiger partial charge in [0, 0.05) is 31.7 Å². The minimum absolute atomic E-state index is 0.0638. The summed E-state index contributed by atoms with van der Waals surface area (Å²) >= 11 is 0. The van der Waals surface area contributed by atoms with Crippen molar-refractivity contribution in [1.29, 1.82) is 0 Å². The molecular weight excluding hydrogens is 320 g/mol. The van der Waals surface area contributed by atoms with Gasteiger partial charge < -0.3 is 19.6 Å². The molecule has 1 N–H and O–H groups in total. The Kier molecular flexibility index (Phi) is 5.42. The second-order valence-electron chi connectivity index (χ2n) is 7.90. The minimum Gasteiger partial charge on any atom is -0.444 e. The lowest BCUT2D eigenvalue weighted by Crippen LogP contribution is -2.51. The summed E-state index contributed by atoms with van der Waals surface area (Å²) in [7, 11) is 0. The SMILES string of the molecule is CC(C)(C)OC(=O)N1CCN(C(=O)c2ccc(C(C)(C)O)cc2)CC1. The van der Waals surface area contributed by atoms with Gasteiger partial charge >= 0.3 is 6.09 Å². The molecule has 2 amide bonds. The van der Waals surface area contributed by atoms with Crippen molar-refractivity contribution in [1.82, 2.24) is 9.80 Å². The van der Waals surface area contributed by atoms with E-state index in [4.69, 9.17) is 4.74 Å². The monoisotopic (exact) mass is 348 g/mol. The van der Waals surface area contributed by atoms with Crippen LogP contribution >= 0.6 is 0 Å². The number of hydrogen-bond acceptors (Lipinski definition) is 4. The van der Waals surface area contributed by atoms with E-state index in [1.807, 2.05) is 20.8 Å².